The first kappa shape index (κ1) is 12.7. The Balaban J connectivity index is 1.90. The number of rotatable bonds is 4. The van der Waals surface area contributed by atoms with Crippen molar-refractivity contribution in [1.29, 1.82) is 5.26 Å². The number of nitrogens with one attached hydrogen (secondary N) is 1. The zero-order chi connectivity index (χ0) is 12.8. The van der Waals surface area contributed by atoms with Crippen molar-refractivity contribution < 1.29 is 4.74 Å². The summed E-state index contributed by atoms with van der Waals surface area (Å²) in [7, 11) is 0. The molecule has 96 valence electrons. The number of nitriles is 1. The third-order valence-electron chi connectivity index (χ3n) is 2.82. The summed E-state index contributed by atoms with van der Waals surface area (Å²) < 4.78 is 5.31. The number of ether oxygens (including phenoxy) is 1. The molecule has 0 amide bonds. The number of anilines is 1. The van der Waals surface area contributed by atoms with E-state index in [0.29, 0.717) is 11.5 Å². The highest BCUT2D eigenvalue weighted by molar-refractivity contribution is 5.47. The molecular weight excluding hydrogens is 230 g/mol. The van der Waals surface area contributed by atoms with Crippen molar-refractivity contribution in [3.63, 3.8) is 0 Å². The van der Waals surface area contributed by atoms with Gasteiger partial charge in [0.05, 0.1) is 13.2 Å². The van der Waals surface area contributed by atoms with Crippen LogP contribution in [0.1, 0.15) is 12.6 Å². The zero-order valence-corrected chi connectivity index (χ0v) is 10.5. The van der Waals surface area contributed by atoms with Crippen LogP contribution in [0.15, 0.2) is 12.4 Å². The van der Waals surface area contributed by atoms with Crippen LogP contribution >= 0.6 is 0 Å². The van der Waals surface area contributed by atoms with Gasteiger partial charge in [0.1, 0.15) is 6.07 Å². The molecule has 18 heavy (non-hydrogen) atoms. The fraction of sp³-hybridized carbons (Fsp3) is 0.583. The van der Waals surface area contributed by atoms with Crippen LogP contribution in [0.2, 0.25) is 0 Å². The Kier molecular flexibility index (Phi) is 4.45. The van der Waals surface area contributed by atoms with Gasteiger partial charge in [0.2, 0.25) is 0 Å². The summed E-state index contributed by atoms with van der Waals surface area (Å²) in [5.74, 6) is 0.556. The predicted molar refractivity (Wildman–Crippen MR) is 67.1 cm³/mol. The predicted octanol–water partition coefficient (Wildman–Crippen LogP) is 0.481. The fourth-order valence-electron chi connectivity index (χ4n) is 1.98. The maximum atomic E-state index is 8.93. The van der Waals surface area contributed by atoms with Crippen molar-refractivity contribution in [3.05, 3.63) is 18.1 Å². The molecule has 2 rings (SSSR count). The summed E-state index contributed by atoms with van der Waals surface area (Å²) in [6, 6.07) is 2.25. The molecule has 0 aliphatic carbocycles. The van der Waals surface area contributed by atoms with E-state index in [1.165, 1.54) is 6.20 Å². The highest BCUT2D eigenvalue weighted by Gasteiger charge is 2.15. The molecule has 1 aliphatic heterocycles. The van der Waals surface area contributed by atoms with Crippen LogP contribution in [0, 0.1) is 11.3 Å². The summed E-state index contributed by atoms with van der Waals surface area (Å²) in [6.45, 7) is 6.48. The van der Waals surface area contributed by atoms with Crippen LogP contribution in [0.3, 0.4) is 0 Å². The van der Waals surface area contributed by atoms with Gasteiger partial charge in [-0.3, -0.25) is 4.90 Å². The normalized spacial score (nSPS) is 18.0. The number of morpholine rings is 1. The van der Waals surface area contributed by atoms with Crippen molar-refractivity contribution in [3.8, 4) is 6.07 Å². The Morgan fingerprint density at radius 1 is 1.44 bits per heavy atom. The molecule has 1 atom stereocenters. The van der Waals surface area contributed by atoms with E-state index < -0.39 is 0 Å². The first-order valence-electron chi connectivity index (χ1n) is 6.07. The van der Waals surface area contributed by atoms with E-state index in [1.807, 2.05) is 6.07 Å². The zero-order valence-electron chi connectivity index (χ0n) is 10.5. The lowest BCUT2D eigenvalue weighted by Crippen LogP contribution is -2.42. The Hall–Kier alpha value is -1.71. The SMILES string of the molecule is CC(CN1CCOCC1)Nc1nccnc1C#N. The first-order valence-corrected chi connectivity index (χ1v) is 6.07. The average Bonchev–Trinajstić information content (AvgIpc) is 2.40. The lowest BCUT2D eigenvalue weighted by Gasteiger charge is -2.29. The molecule has 1 unspecified atom stereocenters. The molecule has 6 nitrogen and oxygen atoms in total. The summed E-state index contributed by atoms with van der Waals surface area (Å²) in [5, 5.41) is 12.2. The summed E-state index contributed by atoms with van der Waals surface area (Å²) in [5.41, 5.74) is 0.339. The van der Waals surface area contributed by atoms with Gasteiger partial charge in [-0.1, -0.05) is 0 Å². The minimum absolute atomic E-state index is 0.215. The fourth-order valence-corrected chi connectivity index (χ4v) is 1.98. The standard InChI is InChI=1S/C12H17N5O/c1-10(9-17-4-6-18-7-5-17)16-12-11(8-13)14-2-3-15-12/h2-3,10H,4-7,9H2,1H3,(H,15,16). The second-order valence-corrected chi connectivity index (χ2v) is 4.32. The van der Waals surface area contributed by atoms with Gasteiger partial charge in [-0.05, 0) is 6.92 Å². The average molecular weight is 247 g/mol. The number of nitrogens with zero attached hydrogens (tertiary/aromatic N) is 4. The lowest BCUT2D eigenvalue weighted by molar-refractivity contribution is 0.0368. The molecule has 0 bridgehead atoms. The molecule has 1 aliphatic rings. The number of aromatic nitrogens is 2. The van der Waals surface area contributed by atoms with Crippen molar-refractivity contribution in [2.24, 2.45) is 0 Å². The summed E-state index contributed by atoms with van der Waals surface area (Å²) in [6.07, 6.45) is 3.11. The van der Waals surface area contributed by atoms with E-state index in [-0.39, 0.29) is 6.04 Å². The smallest absolute Gasteiger partial charge is 0.182 e. The van der Waals surface area contributed by atoms with E-state index >= 15 is 0 Å². The van der Waals surface area contributed by atoms with E-state index in [1.54, 1.807) is 6.20 Å². The van der Waals surface area contributed by atoms with Gasteiger partial charge in [-0.15, -0.1) is 0 Å². The van der Waals surface area contributed by atoms with Crippen molar-refractivity contribution in [2.75, 3.05) is 38.2 Å². The second-order valence-electron chi connectivity index (χ2n) is 4.32. The lowest BCUT2D eigenvalue weighted by atomic mass is 10.2. The maximum Gasteiger partial charge on any atom is 0.182 e. The molecule has 6 heteroatoms. The monoisotopic (exact) mass is 247 g/mol. The highest BCUT2D eigenvalue weighted by atomic mass is 16.5. The van der Waals surface area contributed by atoms with Gasteiger partial charge >= 0.3 is 0 Å². The molecular formula is C12H17N5O. The highest BCUT2D eigenvalue weighted by Crippen LogP contribution is 2.09. The molecule has 0 spiro atoms. The topological polar surface area (TPSA) is 74.1 Å². The third-order valence-corrected chi connectivity index (χ3v) is 2.82. The first-order chi connectivity index (χ1) is 8.79. The van der Waals surface area contributed by atoms with Gasteiger partial charge in [0.25, 0.3) is 0 Å². The van der Waals surface area contributed by atoms with E-state index in [0.717, 1.165) is 32.8 Å². The molecule has 1 fully saturated rings. The molecule has 0 saturated carbocycles. The van der Waals surface area contributed by atoms with E-state index in [4.69, 9.17) is 10.00 Å². The van der Waals surface area contributed by atoms with Gasteiger partial charge in [0.15, 0.2) is 11.5 Å². The van der Waals surface area contributed by atoms with Crippen LogP contribution in [0.5, 0.6) is 0 Å². The van der Waals surface area contributed by atoms with Crippen molar-refractivity contribution >= 4 is 5.82 Å². The summed E-state index contributed by atoms with van der Waals surface area (Å²) in [4.78, 5) is 10.5. The van der Waals surface area contributed by atoms with Gasteiger partial charge in [-0.25, -0.2) is 9.97 Å². The summed E-state index contributed by atoms with van der Waals surface area (Å²) >= 11 is 0. The molecule has 1 aromatic heterocycles. The minimum atomic E-state index is 0.215. The number of hydrogen-bond acceptors (Lipinski definition) is 6. The minimum Gasteiger partial charge on any atom is -0.379 e. The third kappa shape index (κ3) is 3.39. The van der Waals surface area contributed by atoms with Crippen molar-refractivity contribution in [2.45, 2.75) is 13.0 Å². The van der Waals surface area contributed by atoms with Crippen LogP contribution in [0.25, 0.3) is 0 Å². The maximum absolute atomic E-state index is 8.93. The molecule has 1 saturated heterocycles. The van der Waals surface area contributed by atoms with Gasteiger partial charge in [0, 0.05) is 38.1 Å². The molecule has 0 radical (unpaired) electrons. The molecule has 0 aromatic carbocycles. The largest absolute Gasteiger partial charge is 0.379 e. The van der Waals surface area contributed by atoms with Crippen LogP contribution in [-0.4, -0.2) is 53.8 Å². The molecule has 1 N–H and O–H groups in total. The van der Waals surface area contributed by atoms with Crippen molar-refractivity contribution in [1.82, 2.24) is 14.9 Å². The Bertz CT molecular complexity index is 425. The Morgan fingerprint density at radius 3 is 2.89 bits per heavy atom. The van der Waals surface area contributed by atoms with Crippen LogP contribution in [0.4, 0.5) is 5.82 Å². The quantitative estimate of drug-likeness (QED) is 0.834. The van der Waals surface area contributed by atoms with E-state index in [9.17, 15) is 0 Å². The van der Waals surface area contributed by atoms with Gasteiger partial charge in [-0.2, -0.15) is 5.26 Å². The second kappa shape index (κ2) is 6.28. The molecule has 2 heterocycles. The van der Waals surface area contributed by atoms with Crippen LogP contribution < -0.4 is 5.32 Å². The van der Waals surface area contributed by atoms with Gasteiger partial charge < -0.3 is 10.1 Å². The van der Waals surface area contributed by atoms with Crippen LogP contribution in [-0.2, 0) is 4.74 Å². The molecule has 1 aromatic rings. The van der Waals surface area contributed by atoms with E-state index in [2.05, 4.69) is 27.1 Å². The number of hydrogen-bond donors (Lipinski definition) is 1. The Labute approximate surface area is 107 Å². The Morgan fingerprint density at radius 2 is 2.17 bits per heavy atom.